The summed E-state index contributed by atoms with van der Waals surface area (Å²) in [5.41, 5.74) is 6.66. The first kappa shape index (κ1) is 13.7. The van der Waals surface area contributed by atoms with Crippen LogP contribution in [0.15, 0.2) is 24.3 Å². The number of nitrogens with one attached hydrogen (secondary N) is 1. The third-order valence-electron chi connectivity index (χ3n) is 3.50. The first-order valence-electron chi connectivity index (χ1n) is 6.57. The summed E-state index contributed by atoms with van der Waals surface area (Å²) >= 11 is 0. The highest BCUT2D eigenvalue weighted by atomic mass is 16.5. The van der Waals surface area contributed by atoms with Crippen LogP contribution in [0.5, 0.6) is 5.75 Å². The number of carbonyl (C=O) groups is 1. The van der Waals surface area contributed by atoms with Gasteiger partial charge in [-0.25, -0.2) is 0 Å². The van der Waals surface area contributed by atoms with Crippen molar-refractivity contribution < 1.29 is 9.53 Å². The van der Waals surface area contributed by atoms with Gasteiger partial charge in [0, 0.05) is 18.3 Å². The molecule has 1 aliphatic rings. The molecule has 3 N–H and O–H groups in total. The van der Waals surface area contributed by atoms with Gasteiger partial charge in [0.25, 0.3) is 0 Å². The molecule has 1 heterocycles. The molecule has 5 heteroatoms. The lowest BCUT2D eigenvalue weighted by molar-refractivity contribution is -0.123. The minimum absolute atomic E-state index is 0.0550. The maximum atomic E-state index is 12.0. The zero-order valence-electron chi connectivity index (χ0n) is 11.4. The molecular weight excluding hydrogens is 242 g/mol. The lowest BCUT2D eigenvalue weighted by Crippen LogP contribution is -2.60. The molecule has 0 aromatic heterocycles. The summed E-state index contributed by atoms with van der Waals surface area (Å²) in [5.74, 6) is 0.868. The van der Waals surface area contributed by atoms with Crippen molar-refractivity contribution in [1.82, 2.24) is 5.32 Å². The zero-order chi connectivity index (χ0) is 13.8. The van der Waals surface area contributed by atoms with Crippen LogP contribution in [0.25, 0.3) is 0 Å². The molecular formula is C14H21N3O2. The van der Waals surface area contributed by atoms with Gasteiger partial charge in [-0.05, 0) is 44.2 Å². The summed E-state index contributed by atoms with van der Waals surface area (Å²) in [6, 6.07) is 7.85. The fourth-order valence-corrected chi connectivity index (χ4v) is 2.51. The third-order valence-corrected chi connectivity index (χ3v) is 3.50. The quantitative estimate of drug-likeness (QED) is 0.840. The van der Waals surface area contributed by atoms with Crippen LogP contribution in [0.4, 0.5) is 5.69 Å². The van der Waals surface area contributed by atoms with Crippen LogP contribution in [0.2, 0.25) is 0 Å². The summed E-state index contributed by atoms with van der Waals surface area (Å²) in [5, 5.41) is 2.93. The Bertz CT molecular complexity index is 433. The van der Waals surface area contributed by atoms with Gasteiger partial charge in [-0.15, -0.1) is 0 Å². The lowest BCUT2D eigenvalue weighted by atomic mass is 10.0. The van der Waals surface area contributed by atoms with Crippen molar-refractivity contribution in [2.24, 2.45) is 5.73 Å². The second kappa shape index (κ2) is 5.93. The average Bonchev–Trinajstić information content (AvgIpc) is 2.44. The Kier molecular flexibility index (Phi) is 4.27. The number of methoxy groups -OCH3 is 1. The fourth-order valence-electron chi connectivity index (χ4n) is 2.51. The standard InChI is InChI=1S/C14H21N3O2/c1-10-9-16-14(18)13(7-8-15)17(10)11-3-5-12(19-2)6-4-11/h3-6,10,13H,7-9,15H2,1-2H3,(H,16,18). The summed E-state index contributed by atoms with van der Waals surface area (Å²) in [6.45, 7) is 3.26. The Morgan fingerprint density at radius 1 is 1.42 bits per heavy atom. The SMILES string of the molecule is COc1ccc(N2C(C)CNC(=O)C2CCN)cc1. The highest BCUT2D eigenvalue weighted by Gasteiger charge is 2.33. The van der Waals surface area contributed by atoms with Gasteiger partial charge in [-0.1, -0.05) is 0 Å². The maximum absolute atomic E-state index is 12.0. The van der Waals surface area contributed by atoms with E-state index in [9.17, 15) is 4.79 Å². The van der Waals surface area contributed by atoms with Crippen molar-refractivity contribution >= 4 is 11.6 Å². The molecule has 104 valence electrons. The van der Waals surface area contributed by atoms with Crippen molar-refractivity contribution in [2.75, 3.05) is 25.1 Å². The molecule has 2 atom stereocenters. The van der Waals surface area contributed by atoms with E-state index in [0.29, 0.717) is 19.5 Å². The zero-order valence-corrected chi connectivity index (χ0v) is 11.4. The number of anilines is 1. The number of hydrogen-bond acceptors (Lipinski definition) is 4. The van der Waals surface area contributed by atoms with E-state index in [1.54, 1.807) is 7.11 Å². The molecule has 1 amide bonds. The molecule has 0 saturated carbocycles. The second-order valence-corrected chi connectivity index (χ2v) is 4.79. The normalized spacial score (nSPS) is 23.1. The largest absolute Gasteiger partial charge is 0.497 e. The molecule has 1 fully saturated rings. The molecule has 0 bridgehead atoms. The van der Waals surface area contributed by atoms with Gasteiger partial charge in [0.05, 0.1) is 7.11 Å². The summed E-state index contributed by atoms with van der Waals surface area (Å²) in [6.07, 6.45) is 0.655. The molecule has 0 spiro atoms. The Morgan fingerprint density at radius 3 is 2.68 bits per heavy atom. The predicted molar refractivity (Wildman–Crippen MR) is 75.4 cm³/mol. The number of amides is 1. The van der Waals surface area contributed by atoms with E-state index in [1.807, 2.05) is 24.3 Å². The van der Waals surface area contributed by atoms with Crippen LogP contribution < -0.4 is 20.7 Å². The van der Waals surface area contributed by atoms with Crippen molar-refractivity contribution in [1.29, 1.82) is 0 Å². The van der Waals surface area contributed by atoms with Gasteiger partial charge in [0.15, 0.2) is 0 Å². The van der Waals surface area contributed by atoms with E-state index in [1.165, 1.54) is 0 Å². The Balaban J connectivity index is 2.27. The first-order valence-corrected chi connectivity index (χ1v) is 6.57. The number of carbonyl (C=O) groups excluding carboxylic acids is 1. The van der Waals surface area contributed by atoms with E-state index >= 15 is 0 Å². The molecule has 1 aromatic carbocycles. The minimum Gasteiger partial charge on any atom is -0.497 e. The molecule has 1 aliphatic heterocycles. The van der Waals surface area contributed by atoms with Crippen LogP contribution in [0, 0.1) is 0 Å². The molecule has 0 radical (unpaired) electrons. The number of hydrogen-bond donors (Lipinski definition) is 2. The minimum atomic E-state index is -0.192. The first-order chi connectivity index (χ1) is 9.17. The number of rotatable bonds is 4. The van der Waals surface area contributed by atoms with Crippen molar-refractivity contribution in [3.05, 3.63) is 24.3 Å². The van der Waals surface area contributed by atoms with Crippen LogP contribution in [0.1, 0.15) is 13.3 Å². The van der Waals surface area contributed by atoms with E-state index in [4.69, 9.17) is 10.5 Å². The summed E-state index contributed by atoms with van der Waals surface area (Å²) in [7, 11) is 1.64. The van der Waals surface area contributed by atoms with Gasteiger partial charge in [0.1, 0.15) is 11.8 Å². The van der Waals surface area contributed by atoms with Crippen LogP contribution >= 0.6 is 0 Å². The third kappa shape index (κ3) is 2.81. The van der Waals surface area contributed by atoms with Gasteiger partial charge in [0.2, 0.25) is 5.91 Å². The van der Waals surface area contributed by atoms with Crippen molar-refractivity contribution in [3.63, 3.8) is 0 Å². The predicted octanol–water partition coefficient (Wildman–Crippen LogP) is 0.737. The second-order valence-electron chi connectivity index (χ2n) is 4.79. The molecule has 1 aromatic rings. The Hall–Kier alpha value is -1.75. The number of benzene rings is 1. The molecule has 0 aliphatic carbocycles. The monoisotopic (exact) mass is 263 g/mol. The van der Waals surface area contributed by atoms with Gasteiger partial charge < -0.3 is 20.7 Å². The van der Waals surface area contributed by atoms with E-state index in [2.05, 4.69) is 17.1 Å². The van der Waals surface area contributed by atoms with Crippen LogP contribution in [0.3, 0.4) is 0 Å². The van der Waals surface area contributed by atoms with Crippen LogP contribution in [-0.4, -0.2) is 38.2 Å². The van der Waals surface area contributed by atoms with Crippen molar-refractivity contribution in [2.45, 2.75) is 25.4 Å². The molecule has 5 nitrogen and oxygen atoms in total. The topological polar surface area (TPSA) is 67.6 Å². The number of nitrogens with zero attached hydrogens (tertiary/aromatic N) is 1. The highest BCUT2D eigenvalue weighted by Crippen LogP contribution is 2.26. The van der Waals surface area contributed by atoms with E-state index < -0.39 is 0 Å². The fraction of sp³-hybridized carbons (Fsp3) is 0.500. The van der Waals surface area contributed by atoms with Gasteiger partial charge >= 0.3 is 0 Å². The smallest absolute Gasteiger partial charge is 0.242 e. The molecule has 1 saturated heterocycles. The summed E-state index contributed by atoms with van der Waals surface area (Å²) in [4.78, 5) is 14.1. The highest BCUT2D eigenvalue weighted by molar-refractivity contribution is 5.87. The lowest BCUT2D eigenvalue weighted by Gasteiger charge is -2.41. The van der Waals surface area contributed by atoms with E-state index in [-0.39, 0.29) is 18.0 Å². The van der Waals surface area contributed by atoms with Crippen LogP contribution in [-0.2, 0) is 4.79 Å². The average molecular weight is 263 g/mol. The van der Waals surface area contributed by atoms with Gasteiger partial charge in [-0.2, -0.15) is 0 Å². The number of nitrogens with two attached hydrogens (primary N) is 1. The van der Waals surface area contributed by atoms with Gasteiger partial charge in [-0.3, -0.25) is 4.79 Å². The number of piperazine rings is 1. The Morgan fingerprint density at radius 2 is 2.11 bits per heavy atom. The van der Waals surface area contributed by atoms with E-state index in [0.717, 1.165) is 11.4 Å². The Labute approximate surface area is 113 Å². The number of ether oxygens (including phenoxy) is 1. The maximum Gasteiger partial charge on any atom is 0.242 e. The molecule has 19 heavy (non-hydrogen) atoms. The van der Waals surface area contributed by atoms with Crippen molar-refractivity contribution in [3.8, 4) is 5.75 Å². The summed E-state index contributed by atoms with van der Waals surface area (Å²) < 4.78 is 5.16. The molecule has 2 rings (SSSR count). The molecule has 2 unspecified atom stereocenters.